The molecule has 8 nitrogen and oxygen atoms in total. The van der Waals surface area contributed by atoms with Crippen LogP contribution >= 0.6 is 0 Å². The third-order valence-corrected chi connectivity index (χ3v) is 7.31. The molecule has 2 saturated heterocycles. The first-order valence-electron chi connectivity index (χ1n) is 12.3. The van der Waals surface area contributed by atoms with Gasteiger partial charge in [0, 0.05) is 46.0 Å². The highest BCUT2D eigenvalue weighted by atomic mass is 19.1. The first kappa shape index (κ1) is 21.8. The number of rotatable bonds is 5. The number of hydrogen-bond donors (Lipinski definition) is 0. The zero-order chi connectivity index (χ0) is 24.2. The smallest absolute Gasteiger partial charge is 0.229 e. The summed E-state index contributed by atoms with van der Waals surface area (Å²) >= 11 is 0. The fourth-order valence-electron chi connectivity index (χ4n) is 5.34. The van der Waals surface area contributed by atoms with E-state index >= 15 is 4.39 Å². The van der Waals surface area contributed by atoms with Gasteiger partial charge in [0.25, 0.3) is 0 Å². The molecule has 3 aliphatic rings. The summed E-state index contributed by atoms with van der Waals surface area (Å²) in [6, 6.07) is 5.43. The molecule has 2 fully saturated rings. The molecule has 0 atom stereocenters. The van der Waals surface area contributed by atoms with E-state index in [4.69, 9.17) is 23.9 Å². The SMILES string of the molecule is COC1CN(Cc2cnc3oc4c(N5CCOCC5)nc(-c5c(F)ccc6c5C=CC6)nc4c3c2)C1. The first-order chi connectivity index (χ1) is 17.7. The second kappa shape index (κ2) is 8.62. The lowest BCUT2D eigenvalue weighted by molar-refractivity contribution is -0.0334. The Morgan fingerprint density at radius 1 is 1.17 bits per heavy atom. The molecule has 9 heteroatoms. The van der Waals surface area contributed by atoms with Crippen LogP contribution in [0.5, 0.6) is 0 Å². The summed E-state index contributed by atoms with van der Waals surface area (Å²) in [5, 5.41) is 0.813. The minimum absolute atomic E-state index is 0.291. The van der Waals surface area contributed by atoms with Gasteiger partial charge in [0.2, 0.25) is 5.71 Å². The Morgan fingerprint density at radius 2 is 2.03 bits per heavy atom. The maximum atomic E-state index is 15.3. The van der Waals surface area contributed by atoms with Crippen molar-refractivity contribution in [2.75, 3.05) is 51.4 Å². The lowest BCUT2D eigenvalue weighted by atomic mass is 10.0. The van der Waals surface area contributed by atoms with Crippen molar-refractivity contribution < 1.29 is 18.3 Å². The van der Waals surface area contributed by atoms with Gasteiger partial charge < -0.3 is 18.8 Å². The highest BCUT2D eigenvalue weighted by Gasteiger charge is 2.28. The Balaban J connectivity index is 1.39. The van der Waals surface area contributed by atoms with Crippen LogP contribution in [0.2, 0.25) is 0 Å². The number of halogens is 1. The molecule has 0 radical (unpaired) electrons. The lowest BCUT2D eigenvalue weighted by Gasteiger charge is -2.38. The van der Waals surface area contributed by atoms with Crippen molar-refractivity contribution in [3.05, 3.63) is 53.0 Å². The van der Waals surface area contributed by atoms with Crippen LogP contribution in [0, 0.1) is 5.82 Å². The van der Waals surface area contributed by atoms with Crippen molar-refractivity contribution in [3.63, 3.8) is 0 Å². The normalized spacial score (nSPS) is 18.3. The molecule has 0 bridgehead atoms. The van der Waals surface area contributed by atoms with E-state index in [1.807, 2.05) is 24.4 Å². The Hall–Kier alpha value is -3.40. The average Bonchev–Trinajstić information content (AvgIpc) is 3.50. The Kier molecular flexibility index (Phi) is 5.23. The summed E-state index contributed by atoms with van der Waals surface area (Å²) in [5.41, 5.74) is 5.17. The quantitative estimate of drug-likeness (QED) is 0.421. The zero-order valence-electron chi connectivity index (χ0n) is 20.0. The summed E-state index contributed by atoms with van der Waals surface area (Å²) in [4.78, 5) is 18.8. The molecule has 5 heterocycles. The van der Waals surface area contributed by atoms with Gasteiger partial charge >= 0.3 is 0 Å². The van der Waals surface area contributed by atoms with Crippen LogP contribution in [0.25, 0.3) is 39.7 Å². The van der Waals surface area contributed by atoms with Gasteiger partial charge in [0.1, 0.15) is 11.3 Å². The minimum atomic E-state index is -0.329. The zero-order valence-corrected chi connectivity index (χ0v) is 20.0. The fourth-order valence-corrected chi connectivity index (χ4v) is 5.34. The van der Waals surface area contributed by atoms with Gasteiger partial charge in [-0.3, -0.25) is 4.90 Å². The van der Waals surface area contributed by atoms with E-state index in [0.29, 0.717) is 66.4 Å². The molecular weight excluding hydrogens is 461 g/mol. The molecule has 1 aromatic carbocycles. The molecule has 184 valence electrons. The summed E-state index contributed by atoms with van der Waals surface area (Å²) in [6.07, 6.45) is 6.93. The number of morpholine rings is 1. The van der Waals surface area contributed by atoms with Crippen LogP contribution in [0.3, 0.4) is 0 Å². The second-order valence-corrected chi connectivity index (χ2v) is 9.60. The highest BCUT2D eigenvalue weighted by Crippen LogP contribution is 2.38. The number of ether oxygens (including phenoxy) is 2. The van der Waals surface area contributed by atoms with Gasteiger partial charge in [0.05, 0.1) is 30.3 Å². The summed E-state index contributed by atoms with van der Waals surface area (Å²) in [5.74, 6) is 0.691. The van der Waals surface area contributed by atoms with Gasteiger partial charge in [-0.15, -0.1) is 0 Å². The maximum Gasteiger partial charge on any atom is 0.229 e. The summed E-state index contributed by atoms with van der Waals surface area (Å²) < 4.78 is 32.4. The average molecular weight is 488 g/mol. The largest absolute Gasteiger partial charge is 0.432 e. The lowest BCUT2D eigenvalue weighted by Crippen LogP contribution is -2.50. The van der Waals surface area contributed by atoms with Crippen molar-refractivity contribution in [1.29, 1.82) is 0 Å². The van der Waals surface area contributed by atoms with E-state index in [1.54, 1.807) is 7.11 Å². The van der Waals surface area contributed by atoms with E-state index in [2.05, 4.69) is 20.9 Å². The molecule has 3 aromatic heterocycles. The number of fused-ring (bicyclic) bond motifs is 4. The van der Waals surface area contributed by atoms with Crippen molar-refractivity contribution >= 4 is 34.1 Å². The molecule has 0 N–H and O–H groups in total. The predicted octanol–water partition coefficient (Wildman–Crippen LogP) is 3.81. The van der Waals surface area contributed by atoms with Crippen LogP contribution in [-0.4, -0.2) is 72.5 Å². The molecule has 4 aromatic rings. The van der Waals surface area contributed by atoms with Gasteiger partial charge in [-0.25, -0.2) is 19.3 Å². The van der Waals surface area contributed by atoms with Crippen LogP contribution in [-0.2, 0) is 22.4 Å². The van der Waals surface area contributed by atoms with Gasteiger partial charge in [-0.05, 0) is 35.2 Å². The van der Waals surface area contributed by atoms with E-state index in [0.717, 1.165) is 48.1 Å². The van der Waals surface area contributed by atoms with Gasteiger partial charge in [-0.1, -0.05) is 18.2 Å². The second-order valence-electron chi connectivity index (χ2n) is 9.60. The highest BCUT2D eigenvalue weighted by molar-refractivity contribution is 6.05. The van der Waals surface area contributed by atoms with E-state index in [-0.39, 0.29) is 5.82 Å². The predicted molar refractivity (Wildman–Crippen MR) is 134 cm³/mol. The van der Waals surface area contributed by atoms with Crippen LogP contribution < -0.4 is 4.90 Å². The molecule has 2 aliphatic heterocycles. The number of anilines is 1. The number of hydrogen-bond acceptors (Lipinski definition) is 8. The number of benzene rings is 1. The number of methoxy groups -OCH3 is 1. The van der Waals surface area contributed by atoms with Gasteiger partial charge in [0.15, 0.2) is 17.2 Å². The van der Waals surface area contributed by atoms with E-state index in [1.165, 1.54) is 6.07 Å². The number of furan rings is 1. The molecule has 0 spiro atoms. The fraction of sp³-hybridized carbons (Fsp3) is 0.370. The molecule has 0 unspecified atom stereocenters. The Bertz CT molecular complexity index is 1500. The van der Waals surface area contributed by atoms with Gasteiger partial charge in [-0.2, -0.15) is 0 Å². The molecule has 0 amide bonds. The number of allylic oxidation sites excluding steroid dienone is 1. The van der Waals surface area contributed by atoms with Crippen molar-refractivity contribution in [1.82, 2.24) is 19.9 Å². The molecule has 7 rings (SSSR count). The molecular formula is C27H26FN5O3. The third-order valence-electron chi connectivity index (χ3n) is 7.31. The van der Waals surface area contributed by atoms with E-state index < -0.39 is 0 Å². The summed E-state index contributed by atoms with van der Waals surface area (Å²) in [6.45, 7) is 5.12. The number of likely N-dealkylation sites (tertiary alicyclic amines) is 1. The van der Waals surface area contributed by atoms with Crippen LogP contribution in [0.1, 0.15) is 16.7 Å². The number of aromatic nitrogens is 3. The third kappa shape index (κ3) is 3.57. The maximum absolute atomic E-state index is 15.3. The van der Waals surface area contributed by atoms with Crippen molar-refractivity contribution in [3.8, 4) is 11.4 Å². The van der Waals surface area contributed by atoms with Crippen LogP contribution in [0.4, 0.5) is 10.2 Å². The molecule has 36 heavy (non-hydrogen) atoms. The number of nitrogens with zero attached hydrogens (tertiary/aromatic N) is 5. The Morgan fingerprint density at radius 3 is 2.86 bits per heavy atom. The molecule has 1 aliphatic carbocycles. The Labute approximate surface area is 207 Å². The minimum Gasteiger partial charge on any atom is -0.432 e. The van der Waals surface area contributed by atoms with Crippen LogP contribution in [0.15, 0.2) is 34.9 Å². The topological polar surface area (TPSA) is 76.8 Å². The standard InChI is InChI=1S/C27H26FN5O3/c1-34-18-14-32(15-18)13-16-11-20-23-24(36-27(20)29-12-16)26(33-7-9-35-10-8-33)31-25(30-23)22-19-4-2-3-17(19)5-6-21(22)28/h2,4-6,11-12,18H,3,7-10,13-15H2,1H3. The van der Waals surface area contributed by atoms with E-state index in [9.17, 15) is 0 Å². The van der Waals surface area contributed by atoms with Crippen molar-refractivity contribution in [2.24, 2.45) is 0 Å². The first-order valence-corrected chi connectivity index (χ1v) is 12.3. The summed E-state index contributed by atoms with van der Waals surface area (Å²) in [7, 11) is 1.75. The number of pyridine rings is 1. The molecule has 0 saturated carbocycles. The monoisotopic (exact) mass is 487 g/mol. The van der Waals surface area contributed by atoms with Crippen molar-refractivity contribution in [2.45, 2.75) is 19.1 Å².